The van der Waals surface area contributed by atoms with Crippen LogP contribution in [-0.4, -0.2) is 56.6 Å². The SMILES string of the molecule is CSCCNC(=NCCC1(C)OCCO1)NCCc1ccco1. The minimum Gasteiger partial charge on any atom is -0.469 e. The molecule has 130 valence electrons. The van der Waals surface area contributed by atoms with Crippen molar-refractivity contribution >= 4 is 17.7 Å². The van der Waals surface area contributed by atoms with Gasteiger partial charge in [0.25, 0.3) is 0 Å². The average Bonchev–Trinajstić information content (AvgIpc) is 3.19. The second kappa shape index (κ2) is 9.85. The lowest BCUT2D eigenvalue weighted by Crippen LogP contribution is -2.40. The molecule has 1 aromatic rings. The molecule has 1 saturated heterocycles. The fourth-order valence-electron chi connectivity index (χ4n) is 2.28. The molecule has 2 heterocycles. The fourth-order valence-corrected chi connectivity index (χ4v) is 2.58. The number of rotatable bonds is 9. The molecule has 1 aliphatic rings. The topological polar surface area (TPSA) is 68.0 Å². The molecule has 0 atom stereocenters. The lowest BCUT2D eigenvalue weighted by Gasteiger charge is -2.21. The maximum absolute atomic E-state index is 5.60. The highest BCUT2D eigenvalue weighted by molar-refractivity contribution is 7.98. The van der Waals surface area contributed by atoms with Gasteiger partial charge in [0.15, 0.2) is 11.7 Å². The second-order valence-corrected chi connectivity index (χ2v) is 6.47. The largest absolute Gasteiger partial charge is 0.469 e. The van der Waals surface area contributed by atoms with E-state index in [4.69, 9.17) is 13.9 Å². The molecule has 1 fully saturated rings. The normalized spacial score (nSPS) is 17.4. The average molecular weight is 341 g/mol. The summed E-state index contributed by atoms with van der Waals surface area (Å²) < 4.78 is 16.5. The Hall–Kier alpha value is -1.18. The second-order valence-electron chi connectivity index (χ2n) is 5.49. The molecule has 1 aliphatic heterocycles. The third kappa shape index (κ3) is 6.85. The Bertz CT molecular complexity index is 459. The number of ether oxygens (including phenoxy) is 2. The van der Waals surface area contributed by atoms with Crippen LogP contribution in [0.15, 0.2) is 27.8 Å². The predicted molar refractivity (Wildman–Crippen MR) is 94.0 cm³/mol. The van der Waals surface area contributed by atoms with Crippen molar-refractivity contribution in [1.29, 1.82) is 0 Å². The van der Waals surface area contributed by atoms with E-state index < -0.39 is 5.79 Å². The first-order chi connectivity index (χ1) is 11.2. The molecule has 0 aromatic carbocycles. The van der Waals surface area contributed by atoms with Gasteiger partial charge in [-0.25, -0.2) is 0 Å². The van der Waals surface area contributed by atoms with Crippen LogP contribution in [0.5, 0.6) is 0 Å². The van der Waals surface area contributed by atoms with E-state index in [9.17, 15) is 0 Å². The van der Waals surface area contributed by atoms with Gasteiger partial charge in [-0.15, -0.1) is 0 Å². The lowest BCUT2D eigenvalue weighted by molar-refractivity contribution is -0.144. The van der Waals surface area contributed by atoms with Gasteiger partial charge in [0.2, 0.25) is 0 Å². The zero-order chi connectivity index (χ0) is 16.4. The lowest BCUT2D eigenvalue weighted by atomic mass is 10.2. The molecule has 6 nitrogen and oxygen atoms in total. The molecule has 1 aromatic heterocycles. The van der Waals surface area contributed by atoms with Crippen LogP contribution in [0.1, 0.15) is 19.1 Å². The summed E-state index contributed by atoms with van der Waals surface area (Å²) in [6.45, 7) is 5.63. The maximum atomic E-state index is 5.60. The molecule has 0 spiro atoms. The first-order valence-corrected chi connectivity index (χ1v) is 9.43. The zero-order valence-electron chi connectivity index (χ0n) is 14.0. The number of hydrogen-bond donors (Lipinski definition) is 2. The molecule has 2 N–H and O–H groups in total. The third-order valence-corrected chi connectivity index (χ3v) is 4.19. The molecular formula is C16H27N3O3S. The summed E-state index contributed by atoms with van der Waals surface area (Å²) >= 11 is 1.81. The van der Waals surface area contributed by atoms with Gasteiger partial charge in [0, 0.05) is 38.2 Å². The van der Waals surface area contributed by atoms with Crippen LogP contribution in [0, 0.1) is 0 Å². The number of nitrogens with zero attached hydrogens (tertiary/aromatic N) is 1. The van der Waals surface area contributed by atoms with Crippen LogP contribution in [0.4, 0.5) is 0 Å². The highest BCUT2D eigenvalue weighted by Gasteiger charge is 2.30. The number of furan rings is 1. The Morgan fingerprint density at radius 3 is 2.78 bits per heavy atom. The number of guanidine groups is 1. The minimum atomic E-state index is -0.484. The van der Waals surface area contributed by atoms with Crippen LogP contribution in [0.2, 0.25) is 0 Å². The van der Waals surface area contributed by atoms with Crippen LogP contribution < -0.4 is 10.6 Å². The Balaban J connectivity index is 1.75. The van der Waals surface area contributed by atoms with Gasteiger partial charge in [-0.05, 0) is 25.3 Å². The monoisotopic (exact) mass is 341 g/mol. The molecule has 0 radical (unpaired) electrons. The summed E-state index contributed by atoms with van der Waals surface area (Å²) in [6.07, 6.45) is 5.38. The number of nitrogens with one attached hydrogen (secondary N) is 2. The smallest absolute Gasteiger partial charge is 0.191 e. The number of thioether (sulfide) groups is 1. The third-order valence-electron chi connectivity index (χ3n) is 3.58. The Kier molecular flexibility index (Phi) is 7.78. The van der Waals surface area contributed by atoms with Gasteiger partial charge in [0.05, 0.1) is 19.5 Å². The standard InChI is InChI=1S/C16H27N3O3S/c1-16(21-11-12-22-16)6-8-18-15(19-9-13-23-2)17-7-5-14-4-3-10-20-14/h3-4,10H,5-9,11-13H2,1-2H3,(H2,17,18,19). The van der Waals surface area contributed by atoms with Crippen LogP contribution in [0.3, 0.4) is 0 Å². The van der Waals surface area contributed by atoms with Crippen LogP contribution in [0.25, 0.3) is 0 Å². The Morgan fingerprint density at radius 1 is 1.30 bits per heavy atom. The van der Waals surface area contributed by atoms with E-state index in [0.29, 0.717) is 19.8 Å². The Morgan fingerprint density at radius 2 is 2.09 bits per heavy atom. The first-order valence-electron chi connectivity index (χ1n) is 8.03. The van der Waals surface area contributed by atoms with Gasteiger partial charge in [0.1, 0.15) is 5.76 Å². The van der Waals surface area contributed by atoms with E-state index in [1.165, 1.54) is 0 Å². The van der Waals surface area contributed by atoms with Gasteiger partial charge in [-0.1, -0.05) is 0 Å². The van der Waals surface area contributed by atoms with E-state index in [0.717, 1.165) is 43.4 Å². The van der Waals surface area contributed by atoms with Gasteiger partial charge in [-0.2, -0.15) is 11.8 Å². The molecule has 0 aliphatic carbocycles. The van der Waals surface area contributed by atoms with Gasteiger partial charge in [-0.3, -0.25) is 4.99 Å². The zero-order valence-corrected chi connectivity index (χ0v) is 14.8. The van der Waals surface area contributed by atoms with E-state index >= 15 is 0 Å². The molecule has 0 unspecified atom stereocenters. The Labute approximate surface area is 142 Å². The highest BCUT2D eigenvalue weighted by atomic mass is 32.2. The fraction of sp³-hybridized carbons (Fsp3) is 0.688. The molecule has 0 bridgehead atoms. The van der Waals surface area contributed by atoms with Crippen LogP contribution >= 0.6 is 11.8 Å². The van der Waals surface area contributed by atoms with Crippen molar-refractivity contribution in [3.63, 3.8) is 0 Å². The minimum absolute atomic E-state index is 0.484. The summed E-state index contributed by atoms with van der Waals surface area (Å²) in [6, 6.07) is 3.89. The van der Waals surface area contributed by atoms with Crippen molar-refractivity contribution < 1.29 is 13.9 Å². The van der Waals surface area contributed by atoms with Crippen molar-refractivity contribution in [2.24, 2.45) is 4.99 Å². The van der Waals surface area contributed by atoms with Crippen molar-refractivity contribution in [3.8, 4) is 0 Å². The van der Waals surface area contributed by atoms with Crippen molar-refractivity contribution in [3.05, 3.63) is 24.2 Å². The van der Waals surface area contributed by atoms with E-state index in [-0.39, 0.29) is 0 Å². The summed E-state index contributed by atoms with van der Waals surface area (Å²) in [7, 11) is 0. The molecular weight excluding hydrogens is 314 g/mol. The maximum Gasteiger partial charge on any atom is 0.191 e. The molecule has 0 amide bonds. The highest BCUT2D eigenvalue weighted by Crippen LogP contribution is 2.22. The van der Waals surface area contributed by atoms with E-state index in [1.54, 1.807) is 6.26 Å². The predicted octanol–water partition coefficient (Wildman–Crippen LogP) is 1.87. The van der Waals surface area contributed by atoms with E-state index in [2.05, 4.69) is 21.9 Å². The molecule has 0 saturated carbocycles. The van der Waals surface area contributed by atoms with Crippen molar-refractivity contribution in [2.75, 3.05) is 44.9 Å². The quantitative estimate of drug-likeness (QED) is 0.406. The van der Waals surface area contributed by atoms with E-state index in [1.807, 2.05) is 30.8 Å². The first kappa shape index (κ1) is 18.2. The molecule has 23 heavy (non-hydrogen) atoms. The summed E-state index contributed by atoms with van der Waals surface area (Å²) in [4.78, 5) is 4.62. The summed E-state index contributed by atoms with van der Waals surface area (Å²) in [5.41, 5.74) is 0. The molecule has 2 rings (SSSR count). The summed E-state index contributed by atoms with van der Waals surface area (Å²) in [5.74, 6) is 2.36. The van der Waals surface area contributed by atoms with Crippen molar-refractivity contribution in [2.45, 2.75) is 25.6 Å². The van der Waals surface area contributed by atoms with Gasteiger partial charge >= 0.3 is 0 Å². The number of hydrogen-bond acceptors (Lipinski definition) is 5. The van der Waals surface area contributed by atoms with Crippen molar-refractivity contribution in [1.82, 2.24) is 10.6 Å². The molecule has 7 heteroatoms. The number of aliphatic imine (C=N–C) groups is 1. The summed E-state index contributed by atoms with van der Waals surface area (Å²) in [5, 5.41) is 6.69. The van der Waals surface area contributed by atoms with Crippen LogP contribution in [-0.2, 0) is 15.9 Å². The van der Waals surface area contributed by atoms with Gasteiger partial charge < -0.3 is 24.5 Å².